The van der Waals surface area contributed by atoms with Gasteiger partial charge in [0.05, 0.1) is 18.3 Å². The average molecular weight is 449 g/mol. The molecule has 0 saturated heterocycles. The Morgan fingerprint density at radius 2 is 1.66 bits per heavy atom. The second kappa shape index (κ2) is 8.36. The van der Waals surface area contributed by atoms with E-state index < -0.39 is 29.3 Å². The standard InChI is InChI=1S/C28H48O4/c1-16(2)17(3)7-8-18(4)21-9-10-22-20-14-25(31)28(32)15-19(29)13-24(30)27(28,6)23(20)11-12-26(21,22)5/h16,18-25,29-32H,3,7-15H2,1-2,4-6H3/t18-,19?,20+,21+,22+,23+,24?,25?,26-,27+,28?/m1/s1. The monoisotopic (exact) mass is 448 g/mol. The van der Waals surface area contributed by atoms with Crippen molar-refractivity contribution in [1.29, 1.82) is 0 Å². The smallest absolute Gasteiger partial charge is 0.101 e. The van der Waals surface area contributed by atoms with Crippen LogP contribution >= 0.6 is 0 Å². The van der Waals surface area contributed by atoms with Crippen molar-refractivity contribution < 1.29 is 20.4 Å². The third-order valence-electron chi connectivity index (χ3n) is 11.4. The molecule has 4 saturated carbocycles. The second-order valence-electron chi connectivity index (χ2n) is 13.0. The largest absolute Gasteiger partial charge is 0.393 e. The summed E-state index contributed by atoms with van der Waals surface area (Å²) >= 11 is 0. The summed E-state index contributed by atoms with van der Waals surface area (Å²) in [5, 5.41) is 44.2. The number of fused-ring (bicyclic) bond motifs is 5. The molecule has 184 valence electrons. The molecule has 0 aromatic carbocycles. The molecule has 4 nitrogen and oxygen atoms in total. The van der Waals surface area contributed by atoms with Crippen LogP contribution in [0, 0.1) is 46.3 Å². The van der Waals surface area contributed by atoms with Gasteiger partial charge in [-0.3, -0.25) is 0 Å². The number of hydrogen-bond donors (Lipinski definition) is 4. The minimum atomic E-state index is -1.40. The maximum Gasteiger partial charge on any atom is 0.101 e. The van der Waals surface area contributed by atoms with Crippen molar-refractivity contribution in [3.63, 3.8) is 0 Å². The number of rotatable bonds is 5. The van der Waals surface area contributed by atoms with Crippen LogP contribution in [0.25, 0.3) is 0 Å². The van der Waals surface area contributed by atoms with Gasteiger partial charge in [-0.15, -0.1) is 0 Å². The van der Waals surface area contributed by atoms with Crippen LogP contribution in [0.5, 0.6) is 0 Å². The fraction of sp³-hybridized carbons (Fsp3) is 0.929. The first-order chi connectivity index (χ1) is 14.9. The van der Waals surface area contributed by atoms with E-state index >= 15 is 0 Å². The highest BCUT2D eigenvalue weighted by atomic mass is 16.4. The van der Waals surface area contributed by atoms with Crippen LogP contribution < -0.4 is 0 Å². The summed E-state index contributed by atoms with van der Waals surface area (Å²) in [4.78, 5) is 0. The molecule has 0 amide bonds. The summed E-state index contributed by atoms with van der Waals surface area (Å²) in [6.07, 6.45) is 5.55. The van der Waals surface area contributed by atoms with E-state index in [0.717, 1.165) is 19.3 Å². The average Bonchev–Trinajstić information content (AvgIpc) is 3.06. The van der Waals surface area contributed by atoms with Crippen molar-refractivity contribution in [1.82, 2.24) is 0 Å². The molecule has 4 aliphatic carbocycles. The van der Waals surface area contributed by atoms with Crippen molar-refractivity contribution in [2.75, 3.05) is 0 Å². The lowest BCUT2D eigenvalue weighted by atomic mass is 9.41. The third kappa shape index (κ3) is 3.46. The molecule has 4 aliphatic rings. The topological polar surface area (TPSA) is 80.9 Å². The molecular weight excluding hydrogens is 400 g/mol. The van der Waals surface area contributed by atoms with E-state index in [0.29, 0.717) is 42.4 Å². The van der Waals surface area contributed by atoms with Crippen LogP contribution in [0.4, 0.5) is 0 Å². The van der Waals surface area contributed by atoms with E-state index in [9.17, 15) is 20.4 Å². The Kier molecular flexibility index (Phi) is 6.45. The minimum Gasteiger partial charge on any atom is -0.393 e. The Balaban J connectivity index is 1.56. The molecule has 11 atom stereocenters. The van der Waals surface area contributed by atoms with Gasteiger partial charge in [0.25, 0.3) is 0 Å². The van der Waals surface area contributed by atoms with Gasteiger partial charge >= 0.3 is 0 Å². The van der Waals surface area contributed by atoms with Crippen LogP contribution in [0.1, 0.15) is 92.4 Å². The Morgan fingerprint density at radius 1 is 0.969 bits per heavy atom. The van der Waals surface area contributed by atoms with Gasteiger partial charge in [0.15, 0.2) is 0 Å². The zero-order valence-corrected chi connectivity index (χ0v) is 21.1. The van der Waals surface area contributed by atoms with Crippen LogP contribution in [0.2, 0.25) is 0 Å². The molecule has 0 aromatic heterocycles. The van der Waals surface area contributed by atoms with Gasteiger partial charge < -0.3 is 20.4 Å². The van der Waals surface area contributed by atoms with E-state index in [-0.39, 0.29) is 17.8 Å². The third-order valence-corrected chi connectivity index (χ3v) is 11.4. The van der Waals surface area contributed by atoms with Gasteiger partial charge in [-0.05, 0) is 92.3 Å². The van der Waals surface area contributed by atoms with E-state index in [4.69, 9.17) is 0 Å². The van der Waals surface area contributed by atoms with E-state index in [1.54, 1.807) is 0 Å². The van der Waals surface area contributed by atoms with Crippen molar-refractivity contribution in [2.45, 2.75) is 116 Å². The van der Waals surface area contributed by atoms with E-state index in [1.165, 1.54) is 24.8 Å². The van der Waals surface area contributed by atoms with Gasteiger partial charge in [0.1, 0.15) is 5.60 Å². The summed E-state index contributed by atoms with van der Waals surface area (Å²) in [5.74, 6) is 2.98. The quantitative estimate of drug-likeness (QED) is 0.460. The molecule has 4 rings (SSSR count). The maximum absolute atomic E-state index is 11.6. The van der Waals surface area contributed by atoms with Crippen molar-refractivity contribution in [2.24, 2.45) is 46.3 Å². The minimum absolute atomic E-state index is 0.173. The molecule has 4 N–H and O–H groups in total. The second-order valence-corrected chi connectivity index (χ2v) is 13.0. The molecular formula is C28H48O4. The molecule has 4 unspecified atom stereocenters. The first kappa shape index (κ1) is 24.7. The van der Waals surface area contributed by atoms with Gasteiger partial charge in [-0.1, -0.05) is 46.8 Å². The Labute approximate surface area is 195 Å². The van der Waals surface area contributed by atoms with Crippen LogP contribution in [0.15, 0.2) is 12.2 Å². The summed E-state index contributed by atoms with van der Waals surface area (Å²) in [5.41, 5.74) is -0.531. The normalized spacial score (nSPS) is 51.6. The van der Waals surface area contributed by atoms with Crippen molar-refractivity contribution in [3.05, 3.63) is 12.2 Å². The number of hydrogen-bond acceptors (Lipinski definition) is 4. The lowest BCUT2D eigenvalue weighted by molar-refractivity contribution is -0.294. The predicted octanol–water partition coefficient (Wildman–Crippen LogP) is 4.69. The lowest BCUT2D eigenvalue weighted by Gasteiger charge is -2.66. The number of aliphatic hydroxyl groups excluding tert-OH is 3. The van der Waals surface area contributed by atoms with Gasteiger partial charge in [0.2, 0.25) is 0 Å². The highest BCUT2D eigenvalue weighted by molar-refractivity contribution is 5.19. The maximum atomic E-state index is 11.6. The Bertz CT molecular complexity index is 720. The van der Waals surface area contributed by atoms with E-state index in [1.807, 2.05) is 6.92 Å². The molecule has 4 heteroatoms. The predicted molar refractivity (Wildman–Crippen MR) is 128 cm³/mol. The molecule has 0 radical (unpaired) electrons. The van der Waals surface area contributed by atoms with Crippen LogP contribution in [0.3, 0.4) is 0 Å². The molecule has 0 heterocycles. The highest BCUT2D eigenvalue weighted by Gasteiger charge is 2.70. The van der Waals surface area contributed by atoms with Crippen molar-refractivity contribution in [3.8, 4) is 0 Å². The Hall–Kier alpha value is -0.420. The summed E-state index contributed by atoms with van der Waals surface area (Å²) in [6, 6.07) is 0. The number of allylic oxidation sites excluding steroid dienone is 1. The molecule has 0 spiro atoms. The molecule has 4 fully saturated rings. The number of aliphatic hydroxyl groups is 4. The fourth-order valence-corrected chi connectivity index (χ4v) is 9.21. The first-order valence-electron chi connectivity index (χ1n) is 13.3. The molecule has 0 aliphatic heterocycles. The highest BCUT2D eigenvalue weighted by Crippen LogP contribution is 2.69. The summed E-state index contributed by atoms with van der Waals surface area (Å²) in [7, 11) is 0. The fourth-order valence-electron chi connectivity index (χ4n) is 9.21. The van der Waals surface area contributed by atoms with Crippen LogP contribution in [-0.2, 0) is 0 Å². The first-order valence-corrected chi connectivity index (χ1v) is 13.3. The SMILES string of the molecule is C=C(CC[C@@H](C)[C@@H]1CC[C@H]2[C@@H]3CC(O)C4(O)CC(O)CC(O)[C@]4(C)[C@H]3CC[C@@]21C)C(C)C. The lowest BCUT2D eigenvalue weighted by Crippen LogP contribution is -2.72. The summed E-state index contributed by atoms with van der Waals surface area (Å²) < 4.78 is 0. The van der Waals surface area contributed by atoms with E-state index in [2.05, 4.69) is 34.3 Å². The van der Waals surface area contributed by atoms with Gasteiger partial charge in [-0.2, -0.15) is 0 Å². The molecule has 32 heavy (non-hydrogen) atoms. The van der Waals surface area contributed by atoms with Crippen molar-refractivity contribution >= 4 is 0 Å². The van der Waals surface area contributed by atoms with Gasteiger partial charge in [0, 0.05) is 11.8 Å². The molecule has 0 bridgehead atoms. The zero-order valence-electron chi connectivity index (χ0n) is 21.1. The van der Waals surface area contributed by atoms with Gasteiger partial charge in [-0.25, -0.2) is 0 Å². The summed E-state index contributed by atoms with van der Waals surface area (Å²) in [6.45, 7) is 15.7. The molecule has 0 aromatic rings. The zero-order chi connectivity index (χ0) is 23.6. The van der Waals surface area contributed by atoms with Crippen LogP contribution in [-0.4, -0.2) is 44.3 Å². The Morgan fingerprint density at radius 3 is 2.31 bits per heavy atom.